The molecule has 5 nitrogen and oxygen atoms in total. The SMILES string of the molecule is COc1ccc2c3c(c(=O)[nH]c2c1OC)C(C)(C)C(C)O3. The minimum atomic E-state index is -0.329. The van der Waals surface area contributed by atoms with E-state index in [0.29, 0.717) is 28.3 Å². The van der Waals surface area contributed by atoms with Crippen molar-refractivity contribution >= 4 is 10.9 Å². The van der Waals surface area contributed by atoms with Crippen molar-refractivity contribution in [3.8, 4) is 17.2 Å². The lowest BCUT2D eigenvalue weighted by Gasteiger charge is -2.21. The molecule has 0 amide bonds. The predicted molar refractivity (Wildman–Crippen MR) is 80.8 cm³/mol. The molecule has 0 aliphatic carbocycles. The number of fused-ring (bicyclic) bond motifs is 3. The zero-order chi connectivity index (χ0) is 15.4. The van der Waals surface area contributed by atoms with Crippen molar-refractivity contribution < 1.29 is 14.2 Å². The van der Waals surface area contributed by atoms with Gasteiger partial charge in [-0.15, -0.1) is 0 Å². The van der Waals surface area contributed by atoms with Gasteiger partial charge in [-0.1, -0.05) is 13.8 Å². The Labute approximate surface area is 122 Å². The van der Waals surface area contributed by atoms with E-state index in [9.17, 15) is 4.79 Å². The predicted octanol–water partition coefficient (Wildman–Crippen LogP) is 2.60. The van der Waals surface area contributed by atoms with Crippen molar-refractivity contribution in [2.75, 3.05) is 14.2 Å². The molecule has 3 rings (SSSR count). The second kappa shape index (κ2) is 4.41. The number of pyridine rings is 1. The Morgan fingerprint density at radius 3 is 2.57 bits per heavy atom. The Hall–Kier alpha value is -2.17. The van der Waals surface area contributed by atoms with Crippen molar-refractivity contribution in [3.05, 3.63) is 28.0 Å². The van der Waals surface area contributed by atoms with Gasteiger partial charge in [0.15, 0.2) is 11.5 Å². The normalized spacial score (nSPS) is 19.2. The Kier molecular flexibility index (Phi) is 2.90. The van der Waals surface area contributed by atoms with Gasteiger partial charge in [0.05, 0.1) is 25.3 Å². The maximum absolute atomic E-state index is 12.5. The summed E-state index contributed by atoms with van der Waals surface area (Å²) in [6.45, 7) is 6.02. The summed E-state index contributed by atoms with van der Waals surface area (Å²) in [5.41, 5.74) is 0.822. The average molecular weight is 289 g/mol. The molecule has 1 aromatic heterocycles. The third-order valence-electron chi connectivity index (χ3n) is 4.44. The zero-order valence-corrected chi connectivity index (χ0v) is 12.9. The van der Waals surface area contributed by atoms with E-state index in [1.54, 1.807) is 14.2 Å². The number of hydrogen-bond donors (Lipinski definition) is 1. The number of nitrogens with one attached hydrogen (secondary N) is 1. The largest absolute Gasteiger partial charge is 0.493 e. The first-order valence-electron chi connectivity index (χ1n) is 6.90. The number of benzene rings is 1. The second-order valence-electron chi connectivity index (χ2n) is 5.86. The van der Waals surface area contributed by atoms with Crippen LogP contribution in [0.15, 0.2) is 16.9 Å². The van der Waals surface area contributed by atoms with Crippen LogP contribution in [-0.4, -0.2) is 25.3 Å². The van der Waals surface area contributed by atoms with Gasteiger partial charge in [-0.2, -0.15) is 0 Å². The van der Waals surface area contributed by atoms with Crippen LogP contribution in [0.25, 0.3) is 10.9 Å². The Balaban J connectivity index is 2.43. The summed E-state index contributed by atoms with van der Waals surface area (Å²) in [6.07, 6.45) is -0.0627. The van der Waals surface area contributed by atoms with Crippen LogP contribution >= 0.6 is 0 Å². The molecule has 1 N–H and O–H groups in total. The minimum Gasteiger partial charge on any atom is -0.493 e. The van der Waals surface area contributed by atoms with E-state index in [4.69, 9.17) is 14.2 Å². The first-order valence-corrected chi connectivity index (χ1v) is 6.90. The van der Waals surface area contributed by atoms with Gasteiger partial charge in [-0.25, -0.2) is 0 Å². The number of H-pyrrole nitrogens is 1. The summed E-state index contributed by atoms with van der Waals surface area (Å²) in [5, 5.41) is 0.833. The average Bonchev–Trinajstić information content (AvgIpc) is 2.69. The molecule has 1 aliphatic rings. The molecule has 1 aliphatic heterocycles. The lowest BCUT2D eigenvalue weighted by Crippen LogP contribution is -2.33. The van der Waals surface area contributed by atoms with Gasteiger partial charge in [-0.05, 0) is 19.1 Å². The Morgan fingerprint density at radius 1 is 1.24 bits per heavy atom. The highest BCUT2D eigenvalue weighted by Gasteiger charge is 2.42. The van der Waals surface area contributed by atoms with Gasteiger partial charge < -0.3 is 19.2 Å². The molecule has 0 saturated heterocycles. The number of rotatable bonds is 2. The van der Waals surface area contributed by atoms with Crippen LogP contribution in [0.4, 0.5) is 0 Å². The second-order valence-corrected chi connectivity index (χ2v) is 5.86. The maximum atomic E-state index is 12.5. The van der Waals surface area contributed by atoms with Crippen molar-refractivity contribution in [1.82, 2.24) is 4.98 Å². The van der Waals surface area contributed by atoms with Gasteiger partial charge in [0.1, 0.15) is 11.9 Å². The molecule has 1 unspecified atom stereocenters. The fourth-order valence-corrected chi connectivity index (χ4v) is 2.89. The molecule has 0 saturated carbocycles. The monoisotopic (exact) mass is 289 g/mol. The van der Waals surface area contributed by atoms with Crippen LogP contribution in [0.2, 0.25) is 0 Å². The van der Waals surface area contributed by atoms with Gasteiger partial charge in [0.2, 0.25) is 0 Å². The van der Waals surface area contributed by atoms with Crippen LogP contribution in [0.3, 0.4) is 0 Å². The third-order valence-corrected chi connectivity index (χ3v) is 4.44. The molecular formula is C16H19NO4. The van der Waals surface area contributed by atoms with E-state index in [1.165, 1.54) is 0 Å². The van der Waals surface area contributed by atoms with Crippen LogP contribution in [-0.2, 0) is 5.41 Å². The standard InChI is InChI=1S/C16H19NO4/c1-8-16(2,3)11-13(21-8)9-6-7-10(19-4)14(20-5)12(9)17-15(11)18/h6-8H,1-5H3,(H,17,18). The maximum Gasteiger partial charge on any atom is 0.256 e. The number of ether oxygens (including phenoxy) is 3. The highest BCUT2D eigenvalue weighted by atomic mass is 16.5. The molecule has 0 spiro atoms. The molecule has 1 atom stereocenters. The smallest absolute Gasteiger partial charge is 0.256 e. The number of hydrogen-bond acceptors (Lipinski definition) is 4. The Morgan fingerprint density at radius 2 is 1.95 bits per heavy atom. The molecule has 0 radical (unpaired) electrons. The van der Waals surface area contributed by atoms with Crippen LogP contribution in [0.5, 0.6) is 17.2 Å². The lowest BCUT2D eigenvalue weighted by atomic mass is 9.82. The van der Waals surface area contributed by atoms with E-state index < -0.39 is 0 Å². The molecule has 1 aromatic carbocycles. The number of aromatic amines is 1. The lowest BCUT2D eigenvalue weighted by molar-refractivity contribution is 0.187. The van der Waals surface area contributed by atoms with Crippen LogP contribution in [0.1, 0.15) is 26.3 Å². The van der Waals surface area contributed by atoms with E-state index in [1.807, 2.05) is 32.9 Å². The molecule has 2 aromatic rings. The van der Waals surface area contributed by atoms with Crippen LogP contribution in [0, 0.1) is 0 Å². The number of methoxy groups -OCH3 is 2. The Bertz CT molecular complexity index is 776. The summed E-state index contributed by atoms with van der Waals surface area (Å²) in [5.74, 6) is 1.73. The molecule has 21 heavy (non-hydrogen) atoms. The van der Waals surface area contributed by atoms with Gasteiger partial charge >= 0.3 is 0 Å². The first kappa shape index (κ1) is 13.8. The van der Waals surface area contributed by atoms with E-state index in [0.717, 1.165) is 5.39 Å². The highest BCUT2D eigenvalue weighted by molar-refractivity contribution is 5.93. The van der Waals surface area contributed by atoms with Crippen molar-refractivity contribution in [3.63, 3.8) is 0 Å². The minimum absolute atomic E-state index is 0.0627. The fraction of sp³-hybridized carbons (Fsp3) is 0.438. The quantitative estimate of drug-likeness (QED) is 0.923. The molecule has 2 heterocycles. The summed E-state index contributed by atoms with van der Waals surface area (Å²) in [4.78, 5) is 15.4. The van der Waals surface area contributed by atoms with E-state index in [-0.39, 0.29) is 17.1 Å². The van der Waals surface area contributed by atoms with Gasteiger partial charge in [-0.3, -0.25) is 4.79 Å². The summed E-state index contributed by atoms with van der Waals surface area (Å²) >= 11 is 0. The molecular weight excluding hydrogens is 270 g/mol. The fourth-order valence-electron chi connectivity index (χ4n) is 2.89. The summed E-state index contributed by atoms with van der Waals surface area (Å²) < 4.78 is 16.6. The van der Waals surface area contributed by atoms with E-state index in [2.05, 4.69) is 4.98 Å². The van der Waals surface area contributed by atoms with Crippen molar-refractivity contribution in [2.45, 2.75) is 32.3 Å². The molecule has 112 valence electrons. The summed E-state index contributed by atoms with van der Waals surface area (Å²) in [6, 6.07) is 3.71. The van der Waals surface area contributed by atoms with Crippen LogP contribution < -0.4 is 19.8 Å². The number of aromatic nitrogens is 1. The van der Waals surface area contributed by atoms with Gasteiger partial charge in [0, 0.05) is 10.8 Å². The van der Waals surface area contributed by atoms with Gasteiger partial charge in [0.25, 0.3) is 5.56 Å². The zero-order valence-electron chi connectivity index (χ0n) is 12.9. The van der Waals surface area contributed by atoms with Crippen molar-refractivity contribution in [2.24, 2.45) is 0 Å². The highest BCUT2D eigenvalue weighted by Crippen LogP contribution is 2.46. The molecule has 5 heteroatoms. The van der Waals surface area contributed by atoms with Crippen molar-refractivity contribution in [1.29, 1.82) is 0 Å². The summed E-state index contributed by atoms with van der Waals surface area (Å²) in [7, 11) is 3.12. The third kappa shape index (κ3) is 1.73. The van der Waals surface area contributed by atoms with E-state index >= 15 is 0 Å². The first-order chi connectivity index (χ1) is 9.91. The topological polar surface area (TPSA) is 60.6 Å². The molecule has 0 bridgehead atoms. The molecule has 0 fully saturated rings.